The van der Waals surface area contributed by atoms with Gasteiger partial charge in [0.05, 0.1) is 15.8 Å². The third kappa shape index (κ3) is 4.75. The number of aryl methyl sites for hydroxylation is 1. The monoisotopic (exact) mass is 533 g/mol. The SMILES string of the molecule is Cc1c(C(=O)Nc2ccc(Cl)c(Cl)c2)oc2c1/C(=N/NC(=O)c1ccc(Br)cc1)CCC2. The van der Waals surface area contributed by atoms with E-state index in [1.54, 1.807) is 42.5 Å². The predicted octanol–water partition coefficient (Wildman–Crippen LogP) is 6.38. The zero-order valence-electron chi connectivity index (χ0n) is 17.0. The van der Waals surface area contributed by atoms with Crippen LogP contribution in [0.5, 0.6) is 0 Å². The molecule has 32 heavy (non-hydrogen) atoms. The molecule has 1 aliphatic rings. The summed E-state index contributed by atoms with van der Waals surface area (Å²) in [4.78, 5) is 25.3. The molecule has 0 atom stereocenters. The first-order valence-electron chi connectivity index (χ1n) is 9.85. The highest BCUT2D eigenvalue weighted by Crippen LogP contribution is 2.31. The summed E-state index contributed by atoms with van der Waals surface area (Å²) in [5.41, 5.74) is 5.75. The number of hydrazone groups is 1. The molecule has 0 radical (unpaired) electrons. The van der Waals surface area contributed by atoms with Gasteiger partial charge in [0.15, 0.2) is 5.76 Å². The van der Waals surface area contributed by atoms with Crippen molar-refractivity contribution < 1.29 is 14.0 Å². The Morgan fingerprint density at radius 2 is 1.78 bits per heavy atom. The highest BCUT2D eigenvalue weighted by molar-refractivity contribution is 9.10. The Kier molecular flexibility index (Phi) is 6.69. The molecule has 4 rings (SSSR count). The Bertz CT molecular complexity index is 1240. The van der Waals surface area contributed by atoms with Crippen molar-refractivity contribution in [2.75, 3.05) is 5.32 Å². The van der Waals surface area contributed by atoms with Crippen molar-refractivity contribution in [3.63, 3.8) is 0 Å². The van der Waals surface area contributed by atoms with E-state index in [1.165, 1.54) is 0 Å². The minimum Gasteiger partial charge on any atom is -0.455 e. The van der Waals surface area contributed by atoms with Gasteiger partial charge in [-0.1, -0.05) is 39.1 Å². The van der Waals surface area contributed by atoms with Gasteiger partial charge in [0, 0.05) is 33.3 Å². The van der Waals surface area contributed by atoms with Gasteiger partial charge in [-0.3, -0.25) is 9.59 Å². The van der Waals surface area contributed by atoms with Gasteiger partial charge in [-0.15, -0.1) is 0 Å². The van der Waals surface area contributed by atoms with Crippen LogP contribution in [0.2, 0.25) is 10.0 Å². The highest BCUT2D eigenvalue weighted by Gasteiger charge is 2.28. The lowest BCUT2D eigenvalue weighted by molar-refractivity contribution is 0.0953. The van der Waals surface area contributed by atoms with Gasteiger partial charge in [-0.05, 0) is 62.2 Å². The Balaban J connectivity index is 1.56. The van der Waals surface area contributed by atoms with E-state index in [0.717, 1.165) is 16.5 Å². The van der Waals surface area contributed by atoms with Crippen LogP contribution in [0, 0.1) is 6.92 Å². The number of amides is 2. The standard InChI is InChI=1S/C23H18BrCl2N3O3/c1-12-20-18(28-29-22(30)13-5-7-14(24)8-6-13)3-2-4-19(20)32-21(12)23(31)27-15-9-10-16(25)17(26)11-15/h5-11H,2-4H2,1H3,(H,27,31)(H,29,30)/b28-18+. The minimum absolute atomic E-state index is 0.204. The van der Waals surface area contributed by atoms with Gasteiger partial charge in [0.25, 0.3) is 11.8 Å². The van der Waals surface area contributed by atoms with Crippen LogP contribution in [-0.2, 0) is 6.42 Å². The molecule has 6 nitrogen and oxygen atoms in total. The number of furan rings is 1. The Hall–Kier alpha value is -2.61. The zero-order valence-corrected chi connectivity index (χ0v) is 20.1. The quantitative estimate of drug-likeness (QED) is 0.381. The van der Waals surface area contributed by atoms with Gasteiger partial charge in [-0.25, -0.2) is 5.43 Å². The van der Waals surface area contributed by atoms with Gasteiger partial charge in [-0.2, -0.15) is 5.10 Å². The Morgan fingerprint density at radius 1 is 1.03 bits per heavy atom. The van der Waals surface area contributed by atoms with Gasteiger partial charge < -0.3 is 9.73 Å². The fraction of sp³-hybridized carbons (Fsp3) is 0.174. The van der Waals surface area contributed by atoms with Gasteiger partial charge >= 0.3 is 0 Å². The molecular formula is C23H18BrCl2N3O3. The van der Waals surface area contributed by atoms with Gasteiger partial charge in [0.1, 0.15) is 5.76 Å². The first kappa shape index (κ1) is 22.6. The van der Waals surface area contributed by atoms with Crippen molar-refractivity contribution in [2.45, 2.75) is 26.2 Å². The summed E-state index contributed by atoms with van der Waals surface area (Å²) in [5.74, 6) is 0.184. The van der Waals surface area contributed by atoms with Crippen LogP contribution in [-0.4, -0.2) is 17.5 Å². The molecule has 0 aliphatic heterocycles. The maximum absolute atomic E-state index is 12.8. The zero-order chi connectivity index (χ0) is 22.8. The second-order valence-corrected chi connectivity index (χ2v) is 9.03. The molecule has 0 unspecified atom stereocenters. The summed E-state index contributed by atoms with van der Waals surface area (Å²) in [5, 5.41) is 7.87. The number of hydrogen-bond donors (Lipinski definition) is 2. The normalized spacial score (nSPS) is 14.2. The lowest BCUT2D eigenvalue weighted by Gasteiger charge is -2.13. The van der Waals surface area contributed by atoms with E-state index >= 15 is 0 Å². The number of hydrogen-bond acceptors (Lipinski definition) is 4. The number of anilines is 1. The third-order valence-electron chi connectivity index (χ3n) is 5.11. The molecule has 2 aromatic carbocycles. The van der Waals surface area contributed by atoms with Crippen LogP contribution < -0.4 is 10.7 Å². The lowest BCUT2D eigenvalue weighted by atomic mass is 9.93. The maximum Gasteiger partial charge on any atom is 0.291 e. The number of benzene rings is 2. The molecule has 3 aromatic rings. The predicted molar refractivity (Wildman–Crippen MR) is 129 cm³/mol. The van der Waals surface area contributed by atoms with Crippen LogP contribution >= 0.6 is 39.1 Å². The van der Waals surface area contributed by atoms with Crippen LogP contribution in [0.1, 0.15) is 50.6 Å². The van der Waals surface area contributed by atoms with Crippen molar-refractivity contribution in [2.24, 2.45) is 5.10 Å². The van der Waals surface area contributed by atoms with Crippen molar-refractivity contribution in [3.8, 4) is 0 Å². The average molecular weight is 535 g/mol. The topological polar surface area (TPSA) is 83.7 Å². The molecule has 1 aliphatic carbocycles. The van der Waals surface area contributed by atoms with Crippen molar-refractivity contribution >= 4 is 62.3 Å². The van der Waals surface area contributed by atoms with E-state index in [4.69, 9.17) is 27.6 Å². The smallest absolute Gasteiger partial charge is 0.291 e. The fourth-order valence-corrected chi connectivity index (χ4v) is 4.10. The lowest BCUT2D eigenvalue weighted by Crippen LogP contribution is -2.22. The number of halogens is 3. The van der Waals surface area contributed by atoms with Crippen molar-refractivity contribution in [1.29, 1.82) is 0 Å². The molecule has 1 heterocycles. The molecule has 0 saturated heterocycles. The van der Waals surface area contributed by atoms with Crippen molar-refractivity contribution in [1.82, 2.24) is 5.43 Å². The third-order valence-corrected chi connectivity index (χ3v) is 6.38. The highest BCUT2D eigenvalue weighted by atomic mass is 79.9. The van der Waals surface area contributed by atoms with Crippen LogP contribution in [0.4, 0.5) is 5.69 Å². The summed E-state index contributed by atoms with van der Waals surface area (Å²) in [6, 6.07) is 11.8. The number of nitrogens with zero attached hydrogens (tertiary/aromatic N) is 1. The second kappa shape index (κ2) is 9.48. The summed E-state index contributed by atoms with van der Waals surface area (Å²) >= 11 is 15.3. The van der Waals surface area contributed by atoms with E-state index in [1.807, 2.05) is 6.92 Å². The Labute approximate surface area is 203 Å². The minimum atomic E-state index is -0.395. The number of carbonyl (C=O) groups is 2. The summed E-state index contributed by atoms with van der Waals surface area (Å²) < 4.78 is 6.78. The van der Waals surface area contributed by atoms with E-state index in [-0.39, 0.29) is 11.7 Å². The fourth-order valence-electron chi connectivity index (χ4n) is 3.54. The first-order valence-corrected chi connectivity index (χ1v) is 11.4. The van der Waals surface area contributed by atoms with Crippen LogP contribution in [0.25, 0.3) is 0 Å². The molecule has 0 fully saturated rings. The molecule has 0 saturated carbocycles. The summed E-state index contributed by atoms with van der Waals surface area (Å²) in [6.07, 6.45) is 2.17. The molecule has 0 bridgehead atoms. The number of rotatable bonds is 4. The van der Waals surface area contributed by atoms with Crippen LogP contribution in [0.15, 0.2) is 56.5 Å². The van der Waals surface area contributed by atoms with Crippen LogP contribution in [0.3, 0.4) is 0 Å². The number of fused-ring (bicyclic) bond motifs is 1. The largest absolute Gasteiger partial charge is 0.455 e. The summed E-state index contributed by atoms with van der Waals surface area (Å²) in [7, 11) is 0. The van der Waals surface area contributed by atoms with Crippen molar-refractivity contribution in [3.05, 3.63) is 85.2 Å². The molecule has 164 valence electrons. The average Bonchev–Trinajstić information content (AvgIpc) is 3.12. The number of carbonyl (C=O) groups excluding carboxylic acids is 2. The first-order chi connectivity index (χ1) is 15.3. The Morgan fingerprint density at radius 3 is 2.50 bits per heavy atom. The second-order valence-electron chi connectivity index (χ2n) is 7.30. The molecule has 2 amide bonds. The summed E-state index contributed by atoms with van der Waals surface area (Å²) in [6.45, 7) is 1.81. The molecule has 9 heteroatoms. The van der Waals surface area contributed by atoms with E-state index in [2.05, 4.69) is 31.8 Å². The van der Waals surface area contributed by atoms with E-state index in [9.17, 15) is 9.59 Å². The van der Waals surface area contributed by atoms with E-state index in [0.29, 0.717) is 51.2 Å². The molecule has 0 spiro atoms. The molecular weight excluding hydrogens is 517 g/mol. The molecule has 1 aromatic heterocycles. The maximum atomic E-state index is 12.8. The van der Waals surface area contributed by atoms with E-state index < -0.39 is 5.91 Å². The molecule has 2 N–H and O–H groups in total. The van der Waals surface area contributed by atoms with Gasteiger partial charge in [0.2, 0.25) is 0 Å². The number of nitrogens with one attached hydrogen (secondary N) is 2.